The van der Waals surface area contributed by atoms with Gasteiger partial charge in [-0.2, -0.15) is 13.2 Å². The molecule has 0 atom stereocenters. The third-order valence-electron chi connectivity index (χ3n) is 3.45. The van der Waals surface area contributed by atoms with Crippen molar-refractivity contribution in [1.82, 2.24) is 5.32 Å². The lowest BCUT2D eigenvalue weighted by Gasteiger charge is -2.14. The molecule has 0 bridgehead atoms. The molecule has 2 aromatic carbocycles. The van der Waals surface area contributed by atoms with E-state index in [9.17, 15) is 18.0 Å². The summed E-state index contributed by atoms with van der Waals surface area (Å²) in [6.45, 7) is -0.0405. The van der Waals surface area contributed by atoms with Gasteiger partial charge in [-0.05, 0) is 35.9 Å². The maximum atomic E-state index is 12.6. The number of amides is 1. The second kappa shape index (κ2) is 7.92. The number of carbonyl (C=O) groups excluding carboxylic acids is 1. The highest BCUT2D eigenvalue weighted by Gasteiger charge is 2.30. The number of rotatable bonds is 6. The minimum atomic E-state index is -4.45. The Morgan fingerprint density at radius 2 is 1.84 bits per heavy atom. The fraction of sp³-hybridized carbons (Fsp3) is 0.278. The first-order chi connectivity index (χ1) is 11.8. The van der Waals surface area contributed by atoms with Crippen molar-refractivity contribution in [2.45, 2.75) is 12.7 Å². The van der Waals surface area contributed by atoms with Gasteiger partial charge >= 0.3 is 6.18 Å². The summed E-state index contributed by atoms with van der Waals surface area (Å²) in [6, 6.07) is 12.1. The Bertz CT molecular complexity index is 730. The molecule has 0 saturated heterocycles. The minimum Gasteiger partial charge on any atom is -0.484 e. The van der Waals surface area contributed by atoms with Crippen LogP contribution in [0, 0.1) is 0 Å². The van der Waals surface area contributed by atoms with E-state index in [4.69, 9.17) is 4.74 Å². The molecule has 0 aliphatic carbocycles. The number of halogens is 3. The van der Waals surface area contributed by atoms with Crippen LogP contribution in [0.3, 0.4) is 0 Å². The second-order valence-corrected chi connectivity index (χ2v) is 5.66. The number of anilines is 1. The maximum Gasteiger partial charge on any atom is 0.416 e. The van der Waals surface area contributed by atoms with Crippen molar-refractivity contribution in [2.75, 3.05) is 25.6 Å². The van der Waals surface area contributed by atoms with Crippen LogP contribution in [-0.2, 0) is 17.5 Å². The van der Waals surface area contributed by atoms with Crippen LogP contribution >= 0.6 is 0 Å². The standard InChI is InChI=1S/C18H19F3N2O2/c1-23(2)15-7-3-5-13(9-15)11-22-17(24)12-25-16-8-4-6-14(10-16)18(19,20)21/h3-10H,11-12H2,1-2H3,(H,22,24). The highest BCUT2D eigenvalue weighted by Crippen LogP contribution is 2.31. The summed E-state index contributed by atoms with van der Waals surface area (Å²) in [5.41, 5.74) is 1.11. The molecule has 1 amide bonds. The van der Waals surface area contributed by atoms with Crippen molar-refractivity contribution in [3.63, 3.8) is 0 Å². The number of nitrogens with one attached hydrogen (secondary N) is 1. The van der Waals surface area contributed by atoms with Gasteiger partial charge in [-0.15, -0.1) is 0 Å². The normalized spacial score (nSPS) is 11.1. The van der Waals surface area contributed by atoms with Crippen LogP contribution < -0.4 is 15.0 Å². The average Bonchev–Trinajstić information content (AvgIpc) is 2.58. The molecule has 2 rings (SSSR count). The zero-order valence-corrected chi connectivity index (χ0v) is 13.9. The summed E-state index contributed by atoms with van der Waals surface area (Å²) in [5.74, 6) is -0.410. The monoisotopic (exact) mass is 352 g/mol. The first-order valence-electron chi connectivity index (χ1n) is 7.59. The third-order valence-corrected chi connectivity index (χ3v) is 3.45. The molecule has 0 aliphatic heterocycles. The predicted octanol–water partition coefficient (Wildman–Crippen LogP) is 3.47. The van der Waals surface area contributed by atoms with E-state index >= 15 is 0 Å². The van der Waals surface area contributed by atoms with Crippen molar-refractivity contribution in [2.24, 2.45) is 0 Å². The summed E-state index contributed by atoms with van der Waals surface area (Å²) < 4.78 is 43.0. The fourth-order valence-corrected chi connectivity index (χ4v) is 2.11. The Kier molecular flexibility index (Phi) is 5.90. The topological polar surface area (TPSA) is 41.6 Å². The molecule has 0 aliphatic rings. The zero-order chi connectivity index (χ0) is 18.4. The molecule has 0 spiro atoms. The van der Waals surface area contributed by atoms with Crippen LogP contribution in [0.4, 0.5) is 18.9 Å². The minimum absolute atomic E-state index is 0.000389. The first-order valence-corrected chi connectivity index (χ1v) is 7.59. The van der Waals surface area contributed by atoms with E-state index in [1.165, 1.54) is 12.1 Å². The Labute approximate surface area is 144 Å². The van der Waals surface area contributed by atoms with E-state index in [0.29, 0.717) is 6.54 Å². The molecule has 0 unspecified atom stereocenters. The van der Waals surface area contributed by atoms with Crippen LogP contribution in [0.25, 0.3) is 0 Å². The molecule has 0 radical (unpaired) electrons. The van der Waals surface area contributed by atoms with E-state index in [-0.39, 0.29) is 12.4 Å². The summed E-state index contributed by atoms with van der Waals surface area (Å²) in [5, 5.41) is 2.68. The van der Waals surface area contributed by atoms with Gasteiger partial charge in [-0.3, -0.25) is 4.79 Å². The van der Waals surface area contributed by atoms with Crippen molar-refractivity contribution in [1.29, 1.82) is 0 Å². The number of ether oxygens (including phenoxy) is 1. The van der Waals surface area contributed by atoms with Gasteiger partial charge in [-0.1, -0.05) is 18.2 Å². The molecular weight excluding hydrogens is 333 g/mol. The lowest BCUT2D eigenvalue weighted by Crippen LogP contribution is -2.28. The summed E-state index contributed by atoms with van der Waals surface area (Å²) in [4.78, 5) is 13.8. The maximum absolute atomic E-state index is 12.6. The lowest BCUT2D eigenvalue weighted by molar-refractivity contribution is -0.137. The van der Waals surface area contributed by atoms with Gasteiger partial charge in [-0.25, -0.2) is 0 Å². The molecule has 2 aromatic rings. The van der Waals surface area contributed by atoms with E-state index in [1.54, 1.807) is 0 Å². The van der Waals surface area contributed by atoms with Crippen molar-refractivity contribution < 1.29 is 22.7 Å². The van der Waals surface area contributed by atoms with Crippen molar-refractivity contribution >= 4 is 11.6 Å². The van der Waals surface area contributed by atoms with E-state index in [0.717, 1.165) is 23.4 Å². The fourth-order valence-electron chi connectivity index (χ4n) is 2.11. The predicted molar refractivity (Wildman–Crippen MR) is 89.6 cm³/mol. The van der Waals surface area contributed by atoms with Gasteiger partial charge in [0.15, 0.2) is 6.61 Å². The average molecular weight is 352 g/mol. The molecule has 0 heterocycles. The Morgan fingerprint density at radius 1 is 1.12 bits per heavy atom. The van der Waals surface area contributed by atoms with Crippen LogP contribution in [-0.4, -0.2) is 26.6 Å². The van der Waals surface area contributed by atoms with Gasteiger partial charge in [0, 0.05) is 26.3 Å². The molecule has 0 aromatic heterocycles. The smallest absolute Gasteiger partial charge is 0.416 e. The molecule has 4 nitrogen and oxygen atoms in total. The first kappa shape index (κ1) is 18.6. The van der Waals surface area contributed by atoms with Gasteiger partial charge in [0.2, 0.25) is 0 Å². The molecule has 0 fully saturated rings. The van der Waals surface area contributed by atoms with Crippen LogP contribution in [0.2, 0.25) is 0 Å². The van der Waals surface area contributed by atoms with Gasteiger partial charge in [0.05, 0.1) is 5.56 Å². The van der Waals surface area contributed by atoms with Crippen molar-refractivity contribution in [3.8, 4) is 5.75 Å². The number of nitrogens with zero attached hydrogens (tertiary/aromatic N) is 1. The molecule has 7 heteroatoms. The largest absolute Gasteiger partial charge is 0.484 e. The highest BCUT2D eigenvalue weighted by atomic mass is 19.4. The quantitative estimate of drug-likeness (QED) is 0.866. The summed E-state index contributed by atoms with van der Waals surface area (Å²) in [6.07, 6.45) is -4.45. The SMILES string of the molecule is CN(C)c1cccc(CNC(=O)COc2cccc(C(F)(F)F)c2)c1. The molecule has 1 N–H and O–H groups in total. The molecule has 25 heavy (non-hydrogen) atoms. The number of hydrogen-bond acceptors (Lipinski definition) is 3. The highest BCUT2D eigenvalue weighted by molar-refractivity contribution is 5.77. The second-order valence-electron chi connectivity index (χ2n) is 5.66. The van der Waals surface area contributed by atoms with Crippen LogP contribution in [0.5, 0.6) is 5.75 Å². The molecule has 134 valence electrons. The van der Waals surface area contributed by atoms with E-state index < -0.39 is 17.6 Å². The van der Waals surface area contributed by atoms with E-state index in [1.807, 2.05) is 43.3 Å². The Balaban J connectivity index is 1.86. The summed E-state index contributed by atoms with van der Waals surface area (Å²) in [7, 11) is 3.83. The zero-order valence-electron chi connectivity index (χ0n) is 13.9. The van der Waals surface area contributed by atoms with Gasteiger partial charge in [0.25, 0.3) is 5.91 Å². The van der Waals surface area contributed by atoms with Crippen LogP contribution in [0.15, 0.2) is 48.5 Å². The third kappa shape index (κ3) is 5.70. The van der Waals surface area contributed by atoms with Gasteiger partial charge in [0.1, 0.15) is 5.75 Å². The molecule has 0 saturated carbocycles. The Hall–Kier alpha value is -2.70. The lowest BCUT2D eigenvalue weighted by atomic mass is 10.2. The number of hydrogen-bond donors (Lipinski definition) is 1. The number of benzene rings is 2. The number of carbonyl (C=O) groups is 1. The van der Waals surface area contributed by atoms with Crippen LogP contribution in [0.1, 0.15) is 11.1 Å². The number of alkyl halides is 3. The Morgan fingerprint density at radius 3 is 2.52 bits per heavy atom. The molecular formula is C18H19F3N2O2. The van der Waals surface area contributed by atoms with Gasteiger partial charge < -0.3 is 15.0 Å². The van der Waals surface area contributed by atoms with E-state index in [2.05, 4.69) is 5.32 Å². The summed E-state index contributed by atoms with van der Waals surface area (Å²) >= 11 is 0. The van der Waals surface area contributed by atoms with Crippen molar-refractivity contribution in [3.05, 3.63) is 59.7 Å².